The van der Waals surface area contributed by atoms with E-state index in [9.17, 15) is 13.2 Å². The molecule has 0 atom stereocenters. The van der Waals surface area contributed by atoms with E-state index < -0.39 is 10.0 Å². The molecule has 1 saturated heterocycles. The van der Waals surface area contributed by atoms with E-state index in [0.717, 1.165) is 30.8 Å². The van der Waals surface area contributed by atoms with Crippen LogP contribution < -0.4 is 4.31 Å². The fourth-order valence-electron chi connectivity index (χ4n) is 4.40. The minimum absolute atomic E-state index is 0.182. The van der Waals surface area contributed by atoms with Crippen molar-refractivity contribution >= 4 is 21.6 Å². The van der Waals surface area contributed by atoms with Crippen molar-refractivity contribution in [2.24, 2.45) is 0 Å². The molecule has 36 heavy (non-hydrogen) atoms. The van der Waals surface area contributed by atoms with Crippen LogP contribution in [0.5, 0.6) is 0 Å². The number of rotatable bonds is 8. The minimum Gasteiger partial charge on any atom is -0.339 e. The number of hydrogen-bond acceptors (Lipinski definition) is 4. The maximum absolute atomic E-state index is 13.7. The second-order valence-electron chi connectivity index (χ2n) is 9.71. The second kappa shape index (κ2) is 11.3. The molecule has 1 aliphatic heterocycles. The maximum atomic E-state index is 13.7. The predicted molar refractivity (Wildman–Crippen MR) is 145 cm³/mol. The first kappa shape index (κ1) is 25.9. The first-order chi connectivity index (χ1) is 17.2. The maximum Gasteiger partial charge on any atom is 0.264 e. The number of amides is 1. The van der Waals surface area contributed by atoms with Crippen LogP contribution in [-0.2, 0) is 21.4 Å². The summed E-state index contributed by atoms with van der Waals surface area (Å²) in [6.45, 7) is 9.40. The van der Waals surface area contributed by atoms with Crippen LogP contribution in [0.1, 0.15) is 36.5 Å². The zero-order chi connectivity index (χ0) is 25.7. The highest BCUT2D eigenvalue weighted by Gasteiger charge is 2.30. The smallest absolute Gasteiger partial charge is 0.264 e. The van der Waals surface area contributed by atoms with Crippen LogP contribution in [-0.4, -0.2) is 56.8 Å². The van der Waals surface area contributed by atoms with Gasteiger partial charge in [-0.15, -0.1) is 0 Å². The van der Waals surface area contributed by atoms with Gasteiger partial charge in [0, 0.05) is 32.7 Å². The predicted octanol–water partition coefficient (Wildman–Crippen LogP) is 4.66. The first-order valence-corrected chi connectivity index (χ1v) is 13.9. The fourth-order valence-corrected chi connectivity index (χ4v) is 5.81. The molecule has 1 fully saturated rings. The average molecular weight is 506 g/mol. The lowest BCUT2D eigenvalue weighted by molar-refractivity contribution is -0.131. The Labute approximate surface area is 215 Å². The summed E-state index contributed by atoms with van der Waals surface area (Å²) >= 11 is 0. The first-order valence-electron chi connectivity index (χ1n) is 12.5. The van der Waals surface area contributed by atoms with Crippen molar-refractivity contribution in [2.45, 2.75) is 38.1 Å². The molecule has 7 heteroatoms. The molecule has 0 aromatic heterocycles. The number of carbonyl (C=O) groups excluding carboxylic acids is 1. The van der Waals surface area contributed by atoms with E-state index in [4.69, 9.17) is 0 Å². The Balaban J connectivity index is 1.51. The number of carbonyl (C=O) groups is 1. The Morgan fingerprint density at radius 1 is 0.861 bits per heavy atom. The van der Waals surface area contributed by atoms with Crippen molar-refractivity contribution in [1.82, 2.24) is 9.80 Å². The quantitative estimate of drug-likeness (QED) is 0.447. The van der Waals surface area contributed by atoms with Gasteiger partial charge >= 0.3 is 0 Å². The van der Waals surface area contributed by atoms with Crippen LogP contribution in [0.15, 0.2) is 83.8 Å². The molecule has 6 nitrogen and oxygen atoms in total. The summed E-state index contributed by atoms with van der Waals surface area (Å²) in [5, 5.41) is 0. The summed E-state index contributed by atoms with van der Waals surface area (Å²) in [5.74, 6) is 0.146. The molecule has 0 aliphatic carbocycles. The molecule has 1 heterocycles. The van der Waals surface area contributed by atoms with Crippen molar-refractivity contribution in [3.8, 4) is 0 Å². The lowest BCUT2D eigenvalue weighted by atomic mass is 10.0. The van der Waals surface area contributed by atoms with Crippen molar-refractivity contribution in [1.29, 1.82) is 0 Å². The van der Waals surface area contributed by atoms with Crippen LogP contribution in [0.25, 0.3) is 0 Å². The van der Waals surface area contributed by atoms with Crippen molar-refractivity contribution in [3.63, 3.8) is 0 Å². The van der Waals surface area contributed by atoms with E-state index >= 15 is 0 Å². The summed E-state index contributed by atoms with van der Waals surface area (Å²) < 4.78 is 28.6. The Morgan fingerprint density at radius 3 is 2.06 bits per heavy atom. The third-order valence-corrected chi connectivity index (χ3v) is 8.50. The Hall–Kier alpha value is -3.16. The van der Waals surface area contributed by atoms with Gasteiger partial charge in [-0.05, 0) is 48.2 Å². The number of hydrogen-bond donors (Lipinski definition) is 0. The molecular formula is C29H35N3O3S. The van der Waals surface area contributed by atoms with Gasteiger partial charge in [0.1, 0.15) is 6.54 Å². The molecular weight excluding hydrogens is 470 g/mol. The molecule has 0 N–H and O–H groups in total. The van der Waals surface area contributed by atoms with Crippen LogP contribution in [0, 0.1) is 6.92 Å². The Morgan fingerprint density at radius 2 is 1.47 bits per heavy atom. The summed E-state index contributed by atoms with van der Waals surface area (Å²) in [6.07, 6.45) is 0. The van der Waals surface area contributed by atoms with Crippen molar-refractivity contribution in [2.75, 3.05) is 37.0 Å². The van der Waals surface area contributed by atoms with Crippen LogP contribution >= 0.6 is 0 Å². The molecule has 0 saturated carbocycles. The van der Waals surface area contributed by atoms with Gasteiger partial charge < -0.3 is 4.90 Å². The number of nitrogens with zero attached hydrogens (tertiary/aromatic N) is 3. The lowest BCUT2D eigenvalue weighted by Gasteiger charge is -2.36. The van der Waals surface area contributed by atoms with Gasteiger partial charge in [0.25, 0.3) is 10.0 Å². The number of piperazine rings is 1. The molecule has 1 aliphatic rings. The standard InChI is InChI=1S/C29H35N3O3S/c1-23(2)26-11-13-27(14-12-26)32(36(34,35)28-15-9-24(3)10-16-28)22-29(33)31-19-17-30(18-20-31)21-25-7-5-4-6-8-25/h4-16,23H,17-22H2,1-3H3. The number of aryl methyl sites for hydroxylation is 1. The molecule has 0 bridgehead atoms. The molecule has 4 rings (SSSR count). The molecule has 3 aromatic rings. The van der Waals surface area contributed by atoms with E-state index in [2.05, 4.69) is 30.9 Å². The normalized spacial score (nSPS) is 14.7. The molecule has 1 amide bonds. The third-order valence-electron chi connectivity index (χ3n) is 6.71. The second-order valence-corrected chi connectivity index (χ2v) is 11.6. The SMILES string of the molecule is Cc1ccc(S(=O)(=O)N(CC(=O)N2CCN(Cc3ccccc3)CC2)c2ccc(C(C)C)cc2)cc1. The van der Waals surface area contributed by atoms with Crippen LogP contribution in [0.3, 0.4) is 0 Å². The molecule has 190 valence electrons. The largest absolute Gasteiger partial charge is 0.339 e. The van der Waals surface area contributed by atoms with Gasteiger partial charge in [-0.1, -0.05) is 74.0 Å². The van der Waals surface area contributed by atoms with E-state index in [1.165, 1.54) is 9.87 Å². The summed E-state index contributed by atoms with van der Waals surface area (Å²) in [6, 6.07) is 24.5. The van der Waals surface area contributed by atoms with E-state index in [0.29, 0.717) is 24.7 Å². The number of benzene rings is 3. The summed E-state index contributed by atoms with van der Waals surface area (Å²) in [4.78, 5) is 17.6. The van der Waals surface area contributed by atoms with Crippen LogP contribution in [0.2, 0.25) is 0 Å². The van der Waals surface area contributed by atoms with Gasteiger partial charge in [0.2, 0.25) is 5.91 Å². The van der Waals surface area contributed by atoms with Gasteiger partial charge in [-0.25, -0.2) is 8.42 Å². The molecule has 0 spiro atoms. The highest BCUT2D eigenvalue weighted by Crippen LogP contribution is 2.26. The van der Waals surface area contributed by atoms with Gasteiger partial charge in [0.15, 0.2) is 0 Å². The van der Waals surface area contributed by atoms with Gasteiger partial charge in [0.05, 0.1) is 10.6 Å². The summed E-state index contributed by atoms with van der Waals surface area (Å²) in [5.41, 5.74) is 3.84. The van der Waals surface area contributed by atoms with E-state index in [1.807, 2.05) is 37.3 Å². The van der Waals surface area contributed by atoms with Gasteiger partial charge in [-0.2, -0.15) is 0 Å². The lowest BCUT2D eigenvalue weighted by Crippen LogP contribution is -2.51. The minimum atomic E-state index is -3.91. The molecule has 0 radical (unpaired) electrons. The highest BCUT2D eigenvalue weighted by molar-refractivity contribution is 7.92. The third kappa shape index (κ3) is 6.15. The van der Waals surface area contributed by atoms with Crippen LogP contribution in [0.4, 0.5) is 5.69 Å². The Bertz CT molecular complexity index is 1250. The monoisotopic (exact) mass is 505 g/mol. The van der Waals surface area contributed by atoms with E-state index in [1.54, 1.807) is 41.3 Å². The van der Waals surface area contributed by atoms with Crippen molar-refractivity contribution < 1.29 is 13.2 Å². The average Bonchev–Trinajstić information content (AvgIpc) is 2.88. The zero-order valence-corrected chi connectivity index (χ0v) is 22.1. The molecule has 3 aromatic carbocycles. The highest BCUT2D eigenvalue weighted by atomic mass is 32.2. The van der Waals surface area contributed by atoms with Gasteiger partial charge in [-0.3, -0.25) is 14.0 Å². The topological polar surface area (TPSA) is 60.9 Å². The zero-order valence-electron chi connectivity index (χ0n) is 21.3. The Kier molecular flexibility index (Phi) is 8.11. The van der Waals surface area contributed by atoms with E-state index in [-0.39, 0.29) is 17.3 Å². The number of anilines is 1. The number of sulfonamides is 1. The van der Waals surface area contributed by atoms with Crippen molar-refractivity contribution in [3.05, 3.63) is 95.6 Å². The summed E-state index contributed by atoms with van der Waals surface area (Å²) in [7, 11) is -3.91. The molecule has 0 unspecified atom stereocenters. The fraction of sp³-hybridized carbons (Fsp3) is 0.345.